The average Bonchev–Trinajstić information content (AvgIpc) is 3.05. The van der Waals surface area contributed by atoms with E-state index in [4.69, 9.17) is 0 Å². The molecule has 1 aliphatic rings. The van der Waals surface area contributed by atoms with E-state index in [1.807, 2.05) is 24.3 Å². The van der Waals surface area contributed by atoms with Crippen LogP contribution in [0, 0.1) is 5.92 Å². The number of benzene rings is 1. The molecule has 1 aromatic heterocycles. The third-order valence-electron chi connectivity index (χ3n) is 5.43. The summed E-state index contributed by atoms with van der Waals surface area (Å²) < 4.78 is 28.9. The van der Waals surface area contributed by atoms with Gasteiger partial charge in [-0.25, -0.2) is 8.42 Å². The molecule has 1 aromatic carbocycles. The highest BCUT2D eigenvalue weighted by Gasteiger charge is 2.30. The number of carbonyl (C=O) groups is 1. The van der Waals surface area contributed by atoms with E-state index in [1.54, 1.807) is 11.6 Å². The smallest absolute Gasteiger partial charge is 0.272 e. The molecular weight excluding hydrogens is 374 g/mol. The van der Waals surface area contributed by atoms with Crippen molar-refractivity contribution in [2.24, 2.45) is 13.0 Å². The van der Waals surface area contributed by atoms with Crippen LogP contribution in [0.15, 0.2) is 41.4 Å². The molecule has 2 aromatic rings. The van der Waals surface area contributed by atoms with E-state index in [1.165, 1.54) is 22.1 Å². The molecule has 1 amide bonds. The van der Waals surface area contributed by atoms with Crippen LogP contribution in [0.1, 0.15) is 55.6 Å². The van der Waals surface area contributed by atoms with E-state index in [-0.39, 0.29) is 10.8 Å². The summed E-state index contributed by atoms with van der Waals surface area (Å²) in [6, 6.07) is 9.16. The molecule has 2 heterocycles. The Balaban J connectivity index is 1.76. The standard InChI is InChI=1S/C21H29N3O3S/c1-15(2)17-5-7-18(8-6-17)22-21(25)20-13-19(14-23(20)4)28(26,27)24-11-9-16(3)10-12-24/h5-8,13-16H,9-12H2,1-4H3,(H,22,25). The van der Waals surface area contributed by atoms with Gasteiger partial charge in [0.15, 0.2) is 0 Å². The molecule has 0 atom stereocenters. The minimum absolute atomic E-state index is 0.171. The second-order valence-electron chi connectivity index (χ2n) is 7.99. The van der Waals surface area contributed by atoms with Gasteiger partial charge in [-0.1, -0.05) is 32.9 Å². The normalized spacial score (nSPS) is 16.5. The van der Waals surface area contributed by atoms with Gasteiger partial charge in [-0.3, -0.25) is 4.79 Å². The lowest BCUT2D eigenvalue weighted by molar-refractivity contribution is 0.101. The molecule has 0 radical (unpaired) electrons. The Kier molecular flexibility index (Phi) is 5.95. The number of hydrogen-bond acceptors (Lipinski definition) is 3. The fourth-order valence-corrected chi connectivity index (χ4v) is 4.96. The third kappa shape index (κ3) is 4.31. The van der Waals surface area contributed by atoms with E-state index in [0.29, 0.717) is 36.3 Å². The molecule has 0 saturated carbocycles. The second kappa shape index (κ2) is 8.09. The zero-order chi connectivity index (χ0) is 20.5. The van der Waals surface area contributed by atoms with Crippen molar-refractivity contribution >= 4 is 21.6 Å². The molecule has 0 bridgehead atoms. The van der Waals surface area contributed by atoms with Crippen LogP contribution in [0.3, 0.4) is 0 Å². The monoisotopic (exact) mass is 403 g/mol. The zero-order valence-electron chi connectivity index (χ0n) is 17.0. The van der Waals surface area contributed by atoms with Crippen molar-refractivity contribution in [1.29, 1.82) is 0 Å². The lowest BCUT2D eigenvalue weighted by atomic mass is 10.0. The van der Waals surface area contributed by atoms with Crippen LogP contribution < -0.4 is 5.32 Å². The number of aryl methyl sites for hydroxylation is 1. The molecule has 6 nitrogen and oxygen atoms in total. The number of sulfonamides is 1. The summed E-state index contributed by atoms with van der Waals surface area (Å²) in [6.07, 6.45) is 3.25. The number of hydrogen-bond donors (Lipinski definition) is 1. The molecule has 1 aliphatic heterocycles. The van der Waals surface area contributed by atoms with Crippen LogP contribution in [-0.2, 0) is 17.1 Å². The minimum Gasteiger partial charge on any atom is -0.345 e. The van der Waals surface area contributed by atoms with E-state index in [2.05, 4.69) is 26.1 Å². The van der Waals surface area contributed by atoms with Crippen molar-refractivity contribution < 1.29 is 13.2 Å². The van der Waals surface area contributed by atoms with Gasteiger partial charge in [-0.05, 0) is 48.4 Å². The number of carbonyl (C=O) groups excluding carboxylic acids is 1. The Morgan fingerprint density at radius 2 is 1.75 bits per heavy atom. The molecule has 1 saturated heterocycles. The Hall–Kier alpha value is -2.12. The van der Waals surface area contributed by atoms with Gasteiger partial charge in [0, 0.05) is 32.0 Å². The number of anilines is 1. The minimum atomic E-state index is -3.58. The largest absolute Gasteiger partial charge is 0.345 e. The number of aromatic nitrogens is 1. The predicted molar refractivity (Wildman–Crippen MR) is 111 cm³/mol. The summed E-state index contributed by atoms with van der Waals surface area (Å²) in [6.45, 7) is 7.43. The first-order valence-electron chi connectivity index (χ1n) is 9.76. The van der Waals surface area contributed by atoms with E-state index >= 15 is 0 Å². The molecule has 28 heavy (non-hydrogen) atoms. The fraction of sp³-hybridized carbons (Fsp3) is 0.476. The van der Waals surface area contributed by atoms with Gasteiger partial charge in [-0.2, -0.15) is 4.31 Å². The Morgan fingerprint density at radius 3 is 2.32 bits per heavy atom. The molecule has 0 aliphatic carbocycles. The topological polar surface area (TPSA) is 71.4 Å². The maximum atomic E-state index is 12.9. The molecule has 0 unspecified atom stereocenters. The van der Waals surface area contributed by atoms with Crippen molar-refractivity contribution in [3.05, 3.63) is 47.8 Å². The van der Waals surface area contributed by atoms with Gasteiger partial charge >= 0.3 is 0 Å². The highest BCUT2D eigenvalue weighted by molar-refractivity contribution is 7.89. The maximum Gasteiger partial charge on any atom is 0.272 e. The highest BCUT2D eigenvalue weighted by Crippen LogP contribution is 2.25. The lowest BCUT2D eigenvalue weighted by Crippen LogP contribution is -2.37. The summed E-state index contributed by atoms with van der Waals surface area (Å²) in [5.41, 5.74) is 2.20. The quantitative estimate of drug-likeness (QED) is 0.825. The van der Waals surface area contributed by atoms with Gasteiger partial charge in [0.05, 0.1) is 0 Å². The first kappa shape index (κ1) is 20.6. The molecule has 7 heteroatoms. The Bertz CT molecular complexity index is 938. The fourth-order valence-electron chi connectivity index (χ4n) is 3.42. The molecular formula is C21H29N3O3S. The highest BCUT2D eigenvalue weighted by atomic mass is 32.2. The van der Waals surface area contributed by atoms with E-state index in [9.17, 15) is 13.2 Å². The maximum absolute atomic E-state index is 12.9. The van der Waals surface area contributed by atoms with Gasteiger partial charge < -0.3 is 9.88 Å². The number of rotatable bonds is 5. The average molecular weight is 404 g/mol. The van der Waals surface area contributed by atoms with Gasteiger partial charge in [-0.15, -0.1) is 0 Å². The molecule has 1 N–H and O–H groups in total. The SMILES string of the molecule is CC1CCN(S(=O)(=O)c2cc(C(=O)Nc3ccc(C(C)C)cc3)n(C)c2)CC1. The lowest BCUT2D eigenvalue weighted by Gasteiger charge is -2.29. The third-order valence-corrected chi connectivity index (χ3v) is 7.29. The van der Waals surface area contributed by atoms with Crippen LogP contribution in [0.5, 0.6) is 0 Å². The molecule has 1 fully saturated rings. The number of amides is 1. The van der Waals surface area contributed by atoms with Gasteiger partial charge in [0.25, 0.3) is 5.91 Å². The summed E-state index contributed by atoms with van der Waals surface area (Å²) in [7, 11) is -1.89. The first-order chi connectivity index (χ1) is 13.2. The van der Waals surface area contributed by atoms with Gasteiger partial charge in [0.1, 0.15) is 10.6 Å². The summed E-state index contributed by atoms with van der Waals surface area (Å²) in [4.78, 5) is 12.8. The molecule has 0 spiro atoms. The van der Waals surface area contributed by atoms with Crippen LogP contribution in [0.2, 0.25) is 0 Å². The molecule has 152 valence electrons. The van der Waals surface area contributed by atoms with Crippen molar-refractivity contribution in [2.75, 3.05) is 18.4 Å². The summed E-state index contributed by atoms with van der Waals surface area (Å²) >= 11 is 0. The number of nitrogens with one attached hydrogen (secondary N) is 1. The van der Waals surface area contributed by atoms with E-state index < -0.39 is 10.0 Å². The van der Waals surface area contributed by atoms with Crippen molar-refractivity contribution in [1.82, 2.24) is 8.87 Å². The van der Waals surface area contributed by atoms with Crippen molar-refractivity contribution in [3.63, 3.8) is 0 Å². The van der Waals surface area contributed by atoms with Crippen LogP contribution in [0.25, 0.3) is 0 Å². The number of nitrogens with zero attached hydrogens (tertiary/aromatic N) is 2. The van der Waals surface area contributed by atoms with Crippen molar-refractivity contribution in [3.8, 4) is 0 Å². The number of piperidine rings is 1. The summed E-state index contributed by atoms with van der Waals surface area (Å²) in [5.74, 6) is 0.641. The van der Waals surface area contributed by atoms with E-state index in [0.717, 1.165) is 12.8 Å². The Morgan fingerprint density at radius 1 is 1.14 bits per heavy atom. The zero-order valence-corrected chi connectivity index (χ0v) is 17.8. The van der Waals surface area contributed by atoms with Crippen LogP contribution in [-0.4, -0.2) is 36.3 Å². The van der Waals surface area contributed by atoms with Crippen LogP contribution >= 0.6 is 0 Å². The Labute approximate surface area is 167 Å². The van der Waals surface area contributed by atoms with Crippen LogP contribution in [0.4, 0.5) is 5.69 Å². The first-order valence-corrected chi connectivity index (χ1v) is 11.2. The van der Waals surface area contributed by atoms with Crippen molar-refractivity contribution in [2.45, 2.75) is 44.4 Å². The van der Waals surface area contributed by atoms with Gasteiger partial charge in [0.2, 0.25) is 10.0 Å². The second-order valence-corrected chi connectivity index (χ2v) is 9.93. The predicted octanol–water partition coefficient (Wildman–Crippen LogP) is 3.82. The molecule has 3 rings (SSSR count). The summed E-state index contributed by atoms with van der Waals surface area (Å²) in [5, 5.41) is 2.85.